The zero-order chi connectivity index (χ0) is 12.0. The molecule has 0 heterocycles. The second kappa shape index (κ2) is 6.66. The van der Waals surface area contributed by atoms with Crippen molar-refractivity contribution in [1.29, 1.82) is 0 Å². The molecule has 16 heavy (non-hydrogen) atoms. The molecule has 0 saturated heterocycles. The number of unbranched alkanes of at least 4 members (excludes halogenated alkanes) is 1. The summed E-state index contributed by atoms with van der Waals surface area (Å²) in [6.45, 7) is 0.987. The van der Waals surface area contributed by atoms with Crippen molar-refractivity contribution in [3.63, 3.8) is 0 Å². The van der Waals surface area contributed by atoms with E-state index in [4.69, 9.17) is 21.1 Å². The van der Waals surface area contributed by atoms with Crippen molar-refractivity contribution in [2.45, 2.75) is 12.8 Å². The molecule has 0 fully saturated rings. The zero-order valence-corrected chi connectivity index (χ0v) is 9.69. The van der Waals surface area contributed by atoms with E-state index in [2.05, 4.69) is 0 Å². The molecule has 0 radical (unpaired) electrons. The number of hydrogen-bond donors (Lipinski definition) is 0. The van der Waals surface area contributed by atoms with Crippen molar-refractivity contribution in [2.75, 3.05) is 20.3 Å². The van der Waals surface area contributed by atoms with E-state index in [0.717, 1.165) is 25.0 Å². The number of halogens is 3. The number of rotatable bonds is 6. The molecular formula is C11H13ClF2O2. The Morgan fingerprint density at radius 3 is 2.56 bits per heavy atom. The van der Waals surface area contributed by atoms with Gasteiger partial charge in [0, 0.05) is 25.8 Å². The first kappa shape index (κ1) is 13.2. The van der Waals surface area contributed by atoms with Crippen LogP contribution in [0.25, 0.3) is 0 Å². The van der Waals surface area contributed by atoms with Crippen LogP contribution >= 0.6 is 11.6 Å². The first-order valence-electron chi connectivity index (χ1n) is 4.91. The minimum Gasteiger partial charge on any atom is -0.492 e. The maximum Gasteiger partial charge on any atom is 0.148 e. The van der Waals surface area contributed by atoms with Gasteiger partial charge in [-0.25, -0.2) is 8.78 Å². The zero-order valence-electron chi connectivity index (χ0n) is 8.93. The molecule has 0 aliphatic heterocycles. The standard InChI is InChI=1S/C11H13ClF2O2/c1-15-4-2-3-5-16-10-7-8(13)6-9(14)11(10)12/h6-7H,2-5H2,1H3. The second-order valence-corrected chi connectivity index (χ2v) is 3.63. The highest BCUT2D eigenvalue weighted by atomic mass is 35.5. The number of hydrogen-bond acceptors (Lipinski definition) is 2. The van der Waals surface area contributed by atoms with Gasteiger partial charge >= 0.3 is 0 Å². The van der Waals surface area contributed by atoms with Gasteiger partial charge in [0.15, 0.2) is 0 Å². The summed E-state index contributed by atoms with van der Waals surface area (Å²) in [6, 6.07) is 1.79. The lowest BCUT2D eigenvalue weighted by molar-refractivity contribution is 0.184. The molecule has 0 bridgehead atoms. The van der Waals surface area contributed by atoms with Crippen LogP contribution in [0.4, 0.5) is 8.78 Å². The van der Waals surface area contributed by atoms with Gasteiger partial charge in [0.2, 0.25) is 0 Å². The minimum atomic E-state index is -0.812. The Morgan fingerprint density at radius 1 is 1.19 bits per heavy atom. The Hall–Kier alpha value is -0.870. The summed E-state index contributed by atoms with van der Waals surface area (Å²) in [5, 5.41) is -0.187. The van der Waals surface area contributed by atoms with E-state index >= 15 is 0 Å². The Balaban J connectivity index is 2.47. The Kier molecular flexibility index (Phi) is 5.49. The summed E-state index contributed by atoms with van der Waals surface area (Å²) < 4.78 is 35.9. The van der Waals surface area contributed by atoms with Gasteiger partial charge in [-0.05, 0) is 12.8 Å². The fourth-order valence-electron chi connectivity index (χ4n) is 1.17. The first-order chi connectivity index (χ1) is 7.65. The van der Waals surface area contributed by atoms with Crippen molar-refractivity contribution >= 4 is 11.6 Å². The van der Waals surface area contributed by atoms with Crippen molar-refractivity contribution in [3.8, 4) is 5.75 Å². The third kappa shape index (κ3) is 3.94. The molecule has 1 rings (SSSR count). The maximum atomic E-state index is 13.0. The smallest absolute Gasteiger partial charge is 0.148 e. The highest BCUT2D eigenvalue weighted by Crippen LogP contribution is 2.28. The van der Waals surface area contributed by atoms with Crippen LogP contribution in [0.2, 0.25) is 5.02 Å². The number of benzene rings is 1. The van der Waals surface area contributed by atoms with Crippen LogP contribution in [-0.2, 0) is 4.74 Å². The van der Waals surface area contributed by atoms with E-state index in [-0.39, 0.29) is 10.8 Å². The summed E-state index contributed by atoms with van der Waals surface area (Å²) >= 11 is 5.61. The van der Waals surface area contributed by atoms with Crippen LogP contribution in [0.3, 0.4) is 0 Å². The quantitative estimate of drug-likeness (QED) is 0.569. The fraction of sp³-hybridized carbons (Fsp3) is 0.455. The van der Waals surface area contributed by atoms with Crippen LogP contribution in [0.15, 0.2) is 12.1 Å². The predicted octanol–water partition coefficient (Wildman–Crippen LogP) is 3.42. The maximum absolute atomic E-state index is 13.0. The van der Waals surface area contributed by atoms with Gasteiger partial charge in [-0.1, -0.05) is 11.6 Å². The summed E-state index contributed by atoms with van der Waals surface area (Å²) in [5.41, 5.74) is 0. The lowest BCUT2D eigenvalue weighted by atomic mass is 10.3. The van der Waals surface area contributed by atoms with Crippen LogP contribution in [-0.4, -0.2) is 20.3 Å². The van der Waals surface area contributed by atoms with Crippen molar-refractivity contribution in [3.05, 3.63) is 28.8 Å². The predicted molar refractivity (Wildman–Crippen MR) is 58.0 cm³/mol. The molecule has 0 unspecified atom stereocenters. The molecule has 0 aromatic heterocycles. The Labute approximate surface area is 98.1 Å². The SMILES string of the molecule is COCCCCOc1cc(F)cc(F)c1Cl. The molecule has 5 heteroatoms. The lowest BCUT2D eigenvalue weighted by Crippen LogP contribution is -2.01. The number of methoxy groups -OCH3 is 1. The molecule has 90 valence electrons. The summed E-state index contributed by atoms with van der Waals surface area (Å²) in [7, 11) is 1.61. The summed E-state index contributed by atoms with van der Waals surface area (Å²) in [5.74, 6) is -1.47. The van der Waals surface area contributed by atoms with E-state index < -0.39 is 11.6 Å². The van der Waals surface area contributed by atoms with Crippen molar-refractivity contribution < 1.29 is 18.3 Å². The number of ether oxygens (including phenoxy) is 2. The molecular weight excluding hydrogens is 238 g/mol. The van der Waals surface area contributed by atoms with Crippen LogP contribution in [0.1, 0.15) is 12.8 Å². The normalized spacial score (nSPS) is 10.5. The van der Waals surface area contributed by atoms with Crippen molar-refractivity contribution in [1.82, 2.24) is 0 Å². The average Bonchev–Trinajstić information content (AvgIpc) is 2.24. The molecule has 0 amide bonds. The van der Waals surface area contributed by atoms with E-state index in [9.17, 15) is 8.78 Å². The molecule has 1 aromatic carbocycles. The van der Waals surface area contributed by atoms with Gasteiger partial charge < -0.3 is 9.47 Å². The highest BCUT2D eigenvalue weighted by Gasteiger charge is 2.09. The van der Waals surface area contributed by atoms with Gasteiger partial charge in [-0.15, -0.1) is 0 Å². The Morgan fingerprint density at radius 2 is 1.88 bits per heavy atom. The second-order valence-electron chi connectivity index (χ2n) is 3.25. The molecule has 0 atom stereocenters. The van der Waals surface area contributed by atoms with Gasteiger partial charge in [0.05, 0.1) is 6.61 Å². The van der Waals surface area contributed by atoms with Gasteiger partial charge in [0.25, 0.3) is 0 Å². The molecule has 0 saturated carbocycles. The average molecular weight is 251 g/mol. The Bertz CT molecular complexity index is 345. The molecule has 0 spiro atoms. The third-order valence-electron chi connectivity index (χ3n) is 1.96. The lowest BCUT2D eigenvalue weighted by Gasteiger charge is -2.08. The molecule has 1 aromatic rings. The molecule has 0 aliphatic rings. The third-order valence-corrected chi connectivity index (χ3v) is 2.33. The van der Waals surface area contributed by atoms with Crippen LogP contribution < -0.4 is 4.74 Å². The minimum absolute atomic E-state index is 0.0385. The van der Waals surface area contributed by atoms with Crippen LogP contribution in [0.5, 0.6) is 5.75 Å². The molecule has 0 N–H and O–H groups in total. The van der Waals surface area contributed by atoms with E-state index in [1.54, 1.807) is 7.11 Å². The van der Waals surface area contributed by atoms with E-state index in [0.29, 0.717) is 13.2 Å². The first-order valence-corrected chi connectivity index (χ1v) is 5.29. The van der Waals surface area contributed by atoms with E-state index in [1.165, 1.54) is 0 Å². The monoisotopic (exact) mass is 250 g/mol. The molecule has 2 nitrogen and oxygen atoms in total. The summed E-state index contributed by atoms with van der Waals surface area (Å²) in [4.78, 5) is 0. The highest BCUT2D eigenvalue weighted by molar-refractivity contribution is 6.32. The van der Waals surface area contributed by atoms with Crippen molar-refractivity contribution in [2.24, 2.45) is 0 Å². The van der Waals surface area contributed by atoms with Gasteiger partial charge in [-0.2, -0.15) is 0 Å². The fourth-order valence-corrected chi connectivity index (χ4v) is 1.33. The van der Waals surface area contributed by atoms with Gasteiger partial charge in [0.1, 0.15) is 22.4 Å². The largest absolute Gasteiger partial charge is 0.492 e. The topological polar surface area (TPSA) is 18.5 Å². The molecule has 0 aliphatic carbocycles. The van der Waals surface area contributed by atoms with Gasteiger partial charge in [-0.3, -0.25) is 0 Å². The van der Waals surface area contributed by atoms with Crippen LogP contribution in [0, 0.1) is 11.6 Å². The van der Waals surface area contributed by atoms with E-state index in [1.807, 2.05) is 0 Å². The summed E-state index contributed by atoms with van der Waals surface area (Å²) in [6.07, 6.45) is 1.56.